The van der Waals surface area contributed by atoms with Crippen LogP contribution >= 0.6 is 22.9 Å². The fourth-order valence-electron chi connectivity index (χ4n) is 1.84. The topological polar surface area (TPSA) is 55.4 Å². The maximum absolute atomic E-state index is 13.5. The van der Waals surface area contributed by atoms with Crippen molar-refractivity contribution in [3.05, 3.63) is 63.1 Å². The van der Waals surface area contributed by atoms with Crippen molar-refractivity contribution >= 4 is 40.9 Å². The van der Waals surface area contributed by atoms with Crippen molar-refractivity contribution < 1.29 is 18.7 Å². The van der Waals surface area contributed by atoms with Crippen molar-refractivity contribution in [2.45, 2.75) is 6.42 Å². The molecule has 0 radical (unpaired) electrons. The molecule has 126 valence electrons. The Labute approximate surface area is 147 Å². The summed E-state index contributed by atoms with van der Waals surface area (Å²) in [5.41, 5.74) is 0.0940. The number of carbonyl (C=O) groups excluding carboxylic acids is 2. The first kappa shape index (κ1) is 18.2. The minimum Gasteiger partial charge on any atom is -0.452 e. The van der Waals surface area contributed by atoms with E-state index in [1.165, 1.54) is 24.3 Å². The van der Waals surface area contributed by atoms with Crippen LogP contribution in [0.15, 0.2) is 41.8 Å². The van der Waals surface area contributed by atoms with Crippen molar-refractivity contribution in [2.24, 2.45) is 0 Å². The van der Waals surface area contributed by atoms with Crippen LogP contribution in [0, 0.1) is 5.82 Å². The van der Waals surface area contributed by atoms with Crippen LogP contribution in [-0.4, -0.2) is 25.0 Å². The molecule has 0 fully saturated rings. The highest BCUT2D eigenvalue weighted by molar-refractivity contribution is 7.09. The Morgan fingerprint density at radius 2 is 2.12 bits per heavy atom. The van der Waals surface area contributed by atoms with Crippen LogP contribution in [-0.2, 0) is 20.7 Å². The van der Waals surface area contributed by atoms with Crippen LogP contribution in [0.25, 0.3) is 6.08 Å². The minimum absolute atomic E-state index is 0.0940. The highest BCUT2D eigenvalue weighted by Crippen LogP contribution is 2.20. The Balaban J connectivity index is 1.72. The number of carbonyl (C=O) groups is 2. The Kier molecular flexibility index (Phi) is 6.96. The molecule has 2 rings (SSSR count). The monoisotopic (exact) mass is 367 g/mol. The first-order chi connectivity index (χ1) is 11.6. The lowest BCUT2D eigenvalue weighted by molar-refractivity contribution is -0.143. The molecule has 4 nitrogen and oxygen atoms in total. The summed E-state index contributed by atoms with van der Waals surface area (Å²) in [6.45, 7) is 0.0796. The number of esters is 1. The third-order valence-electron chi connectivity index (χ3n) is 3.00. The largest absolute Gasteiger partial charge is 0.452 e. The van der Waals surface area contributed by atoms with E-state index in [1.807, 2.05) is 17.5 Å². The lowest BCUT2D eigenvalue weighted by atomic mass is 10.2. The number of thiophene rings is 1. The highest BCUT2D eigenvalue weighted by atomic mass is 35.5. The van der Waals surface area contributed by atoms with E-state index in [2.05, 4.69) is 5.32 Å². The van der Waals surface area contributed by atoms with Crippen LogP contribution < -0.4 is 5.32 Å². The van der Waals surface area contributed by atoms with Gasteiger partial charge in [-0.05, 0) is 36.1 Å². The third kappa shape index (κ3) is 5.79. The predicted molar refractivity (Wildman–Crippen MR) is 92.4 cm³/mol. The van der Waals surface area contributed by atoms with E-state index in [4.69, 9.17) is 16.3 Å². The lowest BCUT2D eigenvalue weighted by Gasteiger charge is -2.04. The molecule has 1 aromatic heterocycles. The summed E-state index contributed by atoms with van der Waals surface area (Å²) in [6, 6.07) is 8.13. The first-order valence-corrected chi connectivity index (χ1v) is 8.40. The second-order valence-electron chi connectivity index (χ2n) is 4.76. The van der Waals surface area contributed by atoms with E-state index >= 15 is 0 Å². The minimum atomic E-state index is -0.747. The summed E-state index contributed by atoms with van der Waals surface area (Å²) in [4.78, 5) is 24.3. The van der Waals surface area contributed by atoms with Gasteiger partial charge in [0.25, 0.3) is 5.91 Å². The maximum Gasteiger partial charge on any atom is 0.331 e. The summed E-state index contributed by atoms with van der Waals surface area (Å²) in [6.07, 6.45) is 2.97. The summed E-state index contributed by atoms with van der Waals surface area (Å²) in [7, 11) is 0. The second-order valence-corrected chi connectivity index (χ2v) is 6.20. The van der Waals surface area contributed by atoms with Gasteiger partial charge in [0.1, 0.15) is 5.82 Å². The van der Waals surface area contributed by atoms with Crippen molar-refractivity contribution in [3.63, 3.8) is 0 Å². The molecule has 0 saturated heterocycles. The van der Waals surface area contributed by atoms with E-state index in [9.17, 15) is 14.0 Å². The Bertz CT molecular complexity index is 711. The van der Waals surface area contributed by atoms with Gasteiger partial charge in [-0.1, -0.05) is 23.7 Å². The Hall–Kier alpha value is -2.18. The van der Waals surface area contributed by atoms with E-state index < -0.39 is 24.3 Å². The van der Waals surface area contributed by atoms with E-state index in [1.54, 1.807) is 11.3 Å². The molecule has 0 atom stereocenters. The number of hydrogen-bond acceptors (Lipinski definition) is 4. The molecule has 0 saturated carbocycles. The fraction of sp³-hybridized carbons (Fsp3) is 0.176. The zero-order valence-corrected chi connectivity index (χ0v) is 14.2. The van der Waals surface area contributed by atoms with Crippen molar-refractivity contribution in [2.75, 3.05) is 13.2 Å². The molecular weight excluding hydrogens is 353 g/mol. The highest BCUT2D eigenvalue weighted by Gasteiger charge is 2.07. The van der Waals surface area contributed by atoms with Gasteiger partial charge >= 0.3 is 5.97 Å². The molecule has 1 heterocycles. The number of ether oxygens (including phenoxy) is 1. The van der Waals surface area contributed by atoms with Crippen LogP contribution in [0.4, 0.5) is 4.39 Å². The van der Waals surface area contributed by atoms with Gasteiger partial charge in [0.2, 0.25) is 0 Å². The van der Waals surface area contributed by atoms with Crippen molar-refractivity contribution in [1.29, 1.82) is 0 Å². The van der Waals surface area contributed by atoms with Gasteiger partial charge in [-0.15, -0.1) is 11.3 Å². The van der Waals surface area contributed by atoms with E-state index in [-0.39, 0.29) is 10.6 Å². The van der Waals surface area contributed by atoms with Crippen molar-refractivity contribution in [3.8, 4) is 0 Å². The van der Waals surface area contributed by atoms with Gasteiger partial charge < -0.3 is 10.1 Å². The summed E-state index contributed by atoms with van der Waals surface area (Å²) in [5.74, 6) is -1.68. The van der Waals surface area contributed by atoms with Gasteiger partial charge in [-0.2, -0.15) is 0 Å². The van der Waals surface area contributed by atoms with Crippen LogP contribution in [0.1, 0.15) is 10.4 Å². The predicted octanol–water partition coefficient (Wildman–Crippen LogP) is 3.46. The SMILES string of the molecule is O=C(COC(=O)/C=C/c1c(F)cccc1Cl)NCCc1cccs1. The van der Waals surface area contributed by atoms with Gasteiger partial charge in [0.15, 0.2) is 6.61 Å². The van der Waals surface area contributed by atoms with Crippen molar-refractivity contribution in [1.82, 2.24) is 5.32 Å². The fourth-order valence-corrected chi connectivity index (χ4v) is 2.77. The molecule has 0 spiro atoms. The van der Waals surface area contributed by atoms with Gasteiger partial charge in [-0.3, -0.25) is 4.79 Å². The molecule has 24 heavy (non-hydrogen) atoms. The van der Waals surface area contributed by atoms with E-state index in [0.29, 0.717) is 6.54 Å². The summed E-state index contributed by atoms with van der Waals surface area (Å²) in [5, 5.41) is 4.80. The zero-order chi connectivity index (χ0) is 17.4. The molecule has 1 aromatic carbocycles. The lowest BCUT2D eigenvalue weighted by Crippen LogP contribution is -2.30. The quantitative estimate of drug-likeness (QED) is 0.602. The van der Waals surface area contributed by atoms with Gasteiger partial charge in [-0.25, -0.2) is 9.18 Å². The van der Waals surface area contributed by atoms with E-state index in [0.717, 1.165) is 17.4 Å². The van der Waals surface area contributed by atoms with Crippen LogP contribution in [0.5, 0.6) is 0 Å². The number of nitrogens with one attached hydrogen (secondary N) is 1. The van der Waals surface area contributed by atoms with Gasteiger partial charge in [0, 0.05) is 23.1 Å². The molecule has 2 aromatic rings. The second kappa shape index (κ2) is 9.20. The molecule has 0 aliphatic rings. The Morgan fingerprint density at radius 1 is 1.29 bits per heavy atom. The molecule has 0 unspecified atom stereocenters. The maximum atomic E-state index is 13.5. The average molecular weight is 368 g/mol. The smallest absolute Gasteiger partial charge is 0.331 e. The van der Waals surface area contributed by atoms with Crippen LogP contribution in [0.3, 0.4) is 0 Å². The molecule has 0 bridgehead atoms. The average Bonchev–Trinajstić information content (AvgIpc) is 3.06. The number of halogens is 2. The van der Waals surface area contributed by atoms with Gasteiger partial charge in [0.05, 0.1) is 5.02 Å². The molecule has 1 N–H and O–H groups in total. The van der Waals surface area contributed by atoms with Crippen LogP contribution in [0.2, 0.25) is 5.02 Å². The molecular formula is C17H15ClFNO3S. The molecule has 0 aliphatic carbocycles. The standard InChI is InChI=1S/C17H15ClFNO3S/c18-14-4-1-5-15(19)13(14)6-7-17(22)23-11-16(21)20-9-8-12-3-2-10-24-12/h1-7,10H,8-9,11H2,(H,20,21)/b7-6+. The third-order valence-corrected chi connectivity index (χ3v) is 4.27. The normalized spacial score (nSPS) is 10.8. The number of benzene rings is 1. The Morgan fingerprint density at radius 3 is 2.83 bits per heavy atom. The first-order valence-electron chi connectivity index (χ1n) is 7.14. The molecule has 0 aliphatic heterocycles. The molecule has 7 heteroatoms. The zero-order valence-electron chi connectivity index (χ0n) is 12.6. The molecule has 1 amide bonds. The number of rotatable bonds is 7. The summed E-state index contributed by atoms with van der Waals surface area (Å²) < 4.78 is 18.3. The number of amides is 1. The summed E-state index contributed by atoms with van der Waals surface area (Å²) >= 11 is 7.45. The number of hydrogen-bond donors (Lipinski definition) is 1.